The van der Waals surface area contributed by atoms with Crippen LogP contribution < -0.4 is 10.6 Å². The molecule has 1 unspecified atom stereocenters. The first kappa shape index (κ1) is 25.0. The number of fused-ring (bicyclic) bond motifs is 1. The van der Waals surface area contributed by atoms with E-state index in [0.29, 0.717) is 17.3 Å². The number of rotatable bonds is 8. The lowest BCUT2D eigenvalue weighted by molar-refractivity contribution is -0.137. The molecule has 3 N–H and O–H groups in total. The van der Waals surface area contributed by atoms with Gasteiger partial charge in [-0.3, -0.25) is 14.0 Å². The Bertz CT molecular complexity index is 1420. The van der Waals surface area contributed by atoms with Gasteiger partial charge in [-0.2, -0.15) is 0 Å². The second-order valence-electron chi connectivity index (χ2n) is 9.90. The highest BCUT2D eigenvalue weighted by molar-refractivity contribution is 7.13. The molecule has 192 valence electrons. The van der Waals surface area contributed by atoms with Gasteiger partial charge < -0.3 is 15.7 Å². The Morgan fingerprint density at radius 1 is 1.11 bits per heavy atom. The van der Waals surface area contributed by atoms with Crippen molar-refractivity contribution in [2.75, 3.05) is 5.32 Å². The number of anilines is 1. The zero-order chi connectivity index (χ0) is 25.9. The van der Waals surface area contributed by atoms with Crippen LogP contribution in [0.4, 0.5) is 5.82 Å². The van der Waals surface area contributed by atoms with Gasteiger partial charge in [0.05, 0.1) is 17.3 Å². The summed E-state index contributed by atoms with van der Waals surface area (Å²) in [5.74, 6) is -0.334. The molecule has 0 radical (unpaired) electrons. The molecule has 1 aliphatic carbocycles. The molecule has 1 saturated carbocycles. The Hall–Kier alpha value is -3.65. The van der Waals surface area contributed by atoms with Crippen molar-refractivity contribution in [2.45, 2.75) is 64.5 Å². The number of nitrogens with zero attached hydrogens (tertiary/aromatic N) is 2. The predicted molar refractivity (Wildman–Crippen MR) is 147 cm³/mol. The van der Waals surface area contributed by atoms with Crippen LogP contribution in [0.15, 0.2) is 54.0 Å². The van der Waals surface area contributed by atoms with Crippen LogP contribution in [0, 0.1) is 13.8 Å². The number of aliphatic carboxylic acids is 1. The number of hydrogen-bond acceptors (Lipinski definition) is 5. The molecule has 3 aromatic heterocycles. The summed E-state index contributed by atoms with van der Waals surface area (Å²) in [6, 6.07) is 13.0. The van der Waals surface area contributed by atoms with Gasteiger partial charge in [-0.25, -0.2) is 4.98 Å². The first-order valence-electron chi connectivity index (χ1n) is 12.8. The van der Waals surface area contributed by atoms with Crippen molar-refractivity contribution in [1.82, 2.24) is 14.7 Å². The molecule has 1 aliphatic rings. The van der Waals surface area contributed by atoms with Gasteiger partial charge in [-0.05, 0) is 61.4 Å². The monoisotopic (exact) mass is 516 g/mol. The summed E-state index contributed by atoms with van der Waals surface area (Å²) < 4.78 is 2.02. The molecule has 37 heavy (non-hydrogen) atoms. The van der Waals surface area contributed by atoms with Crippen LogP contribution in [0.5, 0.6) is 0 Å². The summed E-state index contributed by atoms with van der Waals surface area (Å²) >= 11 is 1.67. The fourth-order valence-electron chi connectivity index (χ4n) is 5.00. The Morgan fingerprint density at radius 3 is 2.54 bits per heavy atom. The van der Waals surface area contributed by atoms with E-state index in [1.807, 2.05) is 41.8 Å². The summed E-state index contributed by atoms with van der Waals surface area (Å²) in [5.41, 5.74) is 5.03. The van der Waals surface area contributed by atoms with Crippen LogP contribution in [-0.2, 0) is 4.79 Å². The molecule has 4 aromatic rings. The molecule has 0 saturated heterocycles. The summed E-state index contributed by atoms with van der Waals surface area (Å²) in [7, 11) is 0. The number of carbonyl (C=O) groups is 2. The number of carbonyl (C=O) groups excluding carboxylic acids is 1. The second-order valence-corrected chi connectivity index (χ2v) is 10.8. The third kappa shape index (κ3) is 5.54. The SMILES string of the molecule is Cc1ccc(C(CC(=O)O)NC(=O)c2ccn3c(NC4CCCCC4)c(-c4sccc4C)nc3c2)cc1. The molecule has 0 aliphatic heterocycles. The lowest BCUT2D eigenvalue weighted by atomic mass is 9.95. The van der Waals surface area contributed by atoms with Crippen molar-refractivity contribution in [3.8, 4) is 10.6 Å². The Balaban J connectivity index is 1.47. The molecular formula is C29H32N4O3S. The van der Waals surface area contributed by atoms with Crippen molar-refractivity contribution in [3.63, 3.8) is 0 Å². The van der Waals surface area contributed by atoms with E-state index < -0.39 is 12.0 Å². The molecule has 0 bridgehead atoms. The molecule has 7 nitrogen and oxygen atoms in total. The number of hydrogen-bond donors (Lipinski definition) is 3. The number of aromatic nitrogens is 2. The van der Waals surface area contributed by atoms with Crippen LogP contribution >= 0.6 is 11.3 Å². The van der Waals surface area contributed by atoms with Crippen LogP contribution in [0.1, 0.15) is 71.6 Å². The van der Waals surface area contributed by atoms with E-state index in [2.05, 4.69) is 29.0 Å². The van der Waals surface area contributed by atoms with Gasteiger partial charge in [-0.1, -0.05) is 49.1 Å². The van der Waals surface area contributed by atoms with Crippen LogP contribution in [-0.4, -0.2) is 32.4 Å². The molecule has 3 heterocycles. The Labute approximate surface area is 220 Å². The fourth-order valence-corrected chi connectivity index (χ4v) is 5.92. The van der Waals surface area contributed by atoms with Gasteiger partial charge in [0, 0.05) is 17.8 Å². The Kier molecular flexibility index (Phi) is 7.28. The van der Waals surface area contributed by atoms with E-state index in [1.165, 1.54) is 24.8 Å². The van der Waals surface area contributed by atoms with Crippen molar-refractivity contribution in [2.24, 2.45) is 0 Å². The molecule has 8 heteroatoms. The number of imidazole rings is 1. The largest absolute Gasteiger partial charge is 0.481 e. The topological polar surface area (TPSA) is 95.7 Å². The third-order valence-corrected chi connectivity index (χ3v) is 8.10. The fraction of sp³-hybridized carbons (Fsp3) is 0.345. The predicted octanol–water partition coefficient (Wildman–Crippen LogP) is 6.37. The van der Waals surface area contributed by atoms with E-state index in [1.54, 1.807) is 23.5 Å². The molecule has 5 rings (SSSR count). The van der Waals surface area contributed by atoms with Gasteiger partial charge >= 0.3 is 5.97 Å². The number of benzene rings is 1. The minimum absolute atomic E-state index is 0.197. The van der Waals surface area contributed by atoms with Gasteiger partial charge in [0.25, 0.3) is 5.91 Å². The lowest BCUT2D eigenvalue weighted by Crippen LogP contribution is -2.30. The van der Waals surface area contributed by atoms with Crippen molar-refractivity contribution in [3.05, 3.63) is 76.3 Å². The highest BCUT2D eigenvalue weighted by Crippen LogP contribution is 2.36. The van der Waals surface area contributed by atoms with Crippen LogP contribution in [0.2, 0.25) is 0 Å². The number of carboxylic acid groups (broad SMARTS) is 1. The van der Waals surface area contributed by atoms with E-state index in [-0.39, 0.29) is 12.3 Å². The van der Waals surface area contributed by atoms with Crippen molar-refractivity contribution >= 4 is 34.7 Å². The smallest absolute Gasteiger partial charge is 0.305 e. The van der Waals surface area contributed by atoms with Crippen molar-refractivity contribution < 1.29 is 14.7 Å². The molecule has 1 fully saturated rings. The Morgan fingerprint density at radius 2 is 1.86 bits per heavy atom. The first-order chi connectivity index (χ1) is 17.9. The van der Waals surface area contributed by atoms with Gasteiger partial charge in [0.15, 0.2) is 0 Å². The molecule has 0 spiro atoms. The van der Waals surface area contributed by atoms with E-state index in [4.69, 9.17) is 4.98 Å². The van der Waals surface area contributed by atoms with Gasteiger partial charge in [0.1, 0.15) is 17.2 Å². The third-order valence-electron chi connectivity index (χ3n) is 7.08. The normalized spacial score (nSPS) is 15.0. The summed E-state index contributed by atoms with van der Waals surface area (Å²) in [6.45, 7) is 4.06. The second kappa shape index (κ2) is 10.8. The van der Waals surface area contributed by atoms with Crippen LogP contribution in [0.3, 0.4) is 0 Å². The summed E-state index contributed by atoms with van der Waals surface area (Å²) in [6.07, 6.45) is 7.70. The molecule has 1 amide bonds. The molecular weight excluding hydrogens is 484 g/mol. The number of carboxylic acids is 1. The standard InChI is InChI=1S/C29H32N4O3S/c1-18-8-10-20(11-9-18)23(17-25(34)35)31-29(36)21-12-14-33-24(16-21)32-26(27-19(2)13-15-37-27)28(33)30-22-6-4-3-5-7-22/h8-16,22-23,30H,3-7,17H2,1-2H3,(H,31,36)(H,34,35). The minimum Gasteiger partial charge on any atom is -0.481 e. The average molecular weight is 517 g/mol. The highest BCUT2D eigenvalue weighted by atomic mass is 32.1. The minimum atomic E-state index is -0.969. The molecule has 1 atom stereocenters. The van der Waals surface area contributed by atoms with Crippen LogP contribution in [0.25, 0.3) is 16.2 Å². The number of nitrogens with one attached hydrogen (secondary N) is 2. The average Bonchev–Trinajstić information content (AvgIpc) is 3.47. The van der Waals surface area contributed by atoms with E-state index in [9.17, 15) is 14.7 Å². The maximum absolute atomic E-state index is 13.3. The van der Waals surface area contributed by atoms with E-state index >= 15 is 0 Å². The number of thiophene rings is 1. The maximum atomic E-state index is 13.3. The quantitative estimate of drug-likeness (QED) is 0.253. The number of aryl methyl sites for hydroxylation is 2. The maximum Gasteiger partial charge on any atom is 0.305 e. The van der Waals surface area contributed by atoms with Gasteiger partial charge in [-0.15, -0.1) is 11.3 Å². The zero-order valence-corrected chi connectivity index (χ0v) is 22.0. The summed E-state index contributed by atoms with van der Waals surface area (Å²) in [5, 5.41) is 18.2. The number of pyridine rings is 1. The summed E-state index contributed by atoms with van der Waals surface area (Å²) in [4.78, 5) is 30.8. The highest BCUT2D eigenvalue weighted by Gasteiger charge is 2.23. The number of amides is 1. The van der Waals surface area contributed by atoms with Crippen molar-refractivity contribution in [1.29, 1.82) is 0 Å². The zero-order valence-electron chi connectivity index (χ0n) is 21.2. The lowest BCUT2D eigenvalue weighted by Gasteiger charge is -2.24. The van der Waals surface area contributed by atoms with Gasteiger partial charge in [0.2, 0.25) is 0 Å². The van der Waals surface area contributed by atoms with E-state index in [0.717, 1.165) is 40.4 Å². The first-order valence-corrected chi connectivity index (χ1v) is 13.7. The molecule has 1 aromatic carbocycles.